The quantitative estimate of drug-likeness (QED) is 0.790. The first kappa shape index (κ1) is 17.4. The van der Waals surface area contributed by atoms with Gasteiger partial charge in [-0.3, -0.25) is 0 Å². The lowest BCUT2D eigenvalue weighted by Crippen LogP contribution is -2.48. The SMILES string of the molecule is Cc1ccc(S(=O)(=O)N2CCN(CCCN(C)C)CC2)cc1. The summed E-state index contributed by atoms with van der Waals surface area (Å²) in [4.78, 5) is 4.93. The van der Waals surface area contributed by atoms with Crippen LogP contribution in [0.5, 0.6) is 0 Å². The third-order valence-electron chi connectivity index (χ3n) is 4.07. The molecule has 124 valence electrons. The fourth-order valence-corrected chi connectivity index (χ4v) is 4.09. The van der Waals surface area contributed by atoms with Gasteiger partial charge in [0, 0.05) is 26.2 Å². The summed E-state index contributed by atoms with van der Waals surface area (Å²) in [6.45, 7) is 6.87. The topological polar surface area (TPSA) is 43.9 Å². The minimum Gasteiger partial charge on any atom is -0.309 e. The highest BCUT2D eigenvalue weighted by atomic mass is 32.2. The Bertz CT molecular complexity index is 562. The summed E-state index contributed by atoms with van der Waals surface area (Å²) >= 11 is 0. The number of benzene rings is 1. The van der Waals surface area contributed by atoms with E-state index < -0.39 is 10.0 Å². The maximum atomic E-state index is 12.6. The van der Waals surface area contributed by atoms with Crippen LogP contribution in [-0.2, 0) is 10.0 Å². The summed E-state index contributed by atoms with van der Waals surface area (Å²) in [6.07, 6.45) is 1.12. The molecule has 1 heterocycles. The third kappa shape index (κ3) is 4.52. The zero-order valence-electron chi connectivity index (χ0n) is 13.8. The normalized spacial score (nSPS) is 18.0. The molecule has 1 aromatic rings. The van der Waals surface area contributed by atoms with Crippen LogP contribution < -0.4 is 0 Å². The maximum Gasteiger partial charge on any atom is 0.243 e. The molecule has 1 aromatic carbocycles. The Hall–Kier alpha value is -0.950. The molecule has 0 radical (unpaired) electrons. The molecule has 0 saturated carbocycles. The summed E-state index contributed by atoms with van der Waals surface area (Å²) in [7, 11) is 0.813. The number of nitrogens with zero attached hydrogens (tertiary/aromatic N) is 3. The van der Waals surface area contributed by atoms with Crippen molar-refractivity contribution in [2.75, 3.05) is 53.4 Å². The van der Waals surface area contributed by atoms with E-state index in [1.807, 2.05) is 19.1 Å². The molecular formula is C16H27N3O2S. The first-order valence-corrected chi connectivity index (χ1v) is 9.27. The van der Waals surface area contributed by atoms with E-state index in [0.29, 0.717) is 18.0 Å². The van der Waals surface area contributed by atoms with Crippen LogP contribution in [0, 0.1) is 6.92 Å². The maximum absolute atomic E-state index is 12.6. The molecular weight excluding hydrogens is 298 g/mol. The Kier molecular flexibility index (Phi) is 5.97. The minimum atomic E-state index is -3.34. The van der Waals surface area contributed by atoms with Crippen LogP contribution in [-0.4, -0.2) is 75.9 Å². The van der Waals surface area contributed by atoms with E-state index in [1.54, 1.807) is 16.4 Å². The minimum absolute atomic E-state index is 0.402. The molecule has 1 saturated heterocycles. The number of piperazine rings is 1. The lowest BCUT2D eigenvalue weighted by Gasteiger charge is -2.34. The van der Waals surface area contributed by atoms with Crippen LogP contribution in [0.1, 0.15) is 12.0 Å². The second-order valence-electron chi connectivity index (χ2n) is 6.22. The Balaban J connectivity index is 1.89. The molecule has 1 aliphatic heterocycles. The highest BCUT2D eigenvalue weighted by Crippen LogP contribution is 2.18. The predicted octanol–water partition coefficient (Wildman–Crippen LogP) is 1.25. The van der Waals surface area contributed by atoms with Crippen molar-refractivity contribution < 1.29 is 8.42 Å². The van der Waals surface area contributed by atoms with Crippen LogP contribution in [0.25, 0.3) is 0 Å². The van der Waals surface area contributed by atoms with E-state index >= 15 is 0 Å². The molecule has 0 spiro atoms. The second kappa shape index (κ2) is 7.55. The van der Waals surface area contributed by atoms with Crippen molar-refractivity contribution >= 4 is 10.0 Å². The number of sulfonamides is 1. The monoisotopic (exact) mass is 325 g/mol. The van der Waals surface area contributed by atoms with Crippen molar-refractivity contribution in [3.8, 4) is 0 Å². The molecule has 0 aromatic heterocycles. The first-order chi connectivity index (χ1) is 10.4. The van der Waals surface area contributed by atoms with E-state index in [2.05, 4.69) is 23.9 Å². The lowest BCUT2D eigenvalue weighted by molar-refractivity contribution is 0.181. The van der Waals surface area contributed by atoms with Gasteiger partial charge in [-0.05, 0) is 52.7 Å². The van der Waals surface area contributed by atoms with Gasteiger partial charge in [-0.25, -0.2) is 8.42 Å². The van der Waals surface area contributed by atoms with Crippen molar-refractivity contribution in [2.45, 2.75) is 18.2 Å². The van der Waals surface area contributed by atoms with Gasteiger partial charge in [0.1, 0.15) is 0 Å². The standard InChI is InChI=1S/C16H27N3O2S/c1-15-5-7-16(8-6-15)22(20,21)19-13-11-18(12-14-19)10-4-9-17(2)3/h5-8H,4,9-14H2,1-3H3. The molecule has 22 heavy (non-hydrogen) atoms. The van der Waals surface area contributed by atoms with Crippen LogP contribution in [0.4, 0.5) is 0 Å². The van der Waals surface area contributed by atoms with Gasteiger partial charge in [0.2, 0.25) is 10.0 Å². The molecule has 0 amide bonds. The molecule has 5 nitrogen and oxygen atoms in total. The fraction of sp³-hybridized carbons (Fsp3) is 0.625. The molecule has 0 aliphatic carbocycles. The van der Waals surface area contributed by atoms with Crippen molar-refractivity contribution in [1.82, 2.24) is 14.1 Å². The van der Waals surface area contributed by atoms with E-state index in [-0.39, 0.29) is 0 Å². The number of aryl methyl sites for hydroxylation is 1. The van der Waals surface area contributed by atoms with Gasteiger partial charge in [0.05, 0.1) is 4.90 Å². The molecule has 0 unspecified atom stereocenters. The molecule has 1 aliphatic rings. The number of hydrogen-bond donors (Lipinski definition) is 0. The summed E-state index contributed by atoms with van der Waals surface area (Å²) in [5.74, 6) is 0. The fourth-order valence-electron chi connectivity index (χ4n) is 2.66. The van der Waals surface area contributed by atoms with Crippen molar-refractivity contribution in [3.63, 3.8) is 0 Å². The summed E-state index contributed by atoms with van der Waals surface area (Å²) in [6, 6.07) is 7.11. The first-order valence-electron chi connectivity index (χ1n) is 7.83. The average molecular weight is 325 g/mol. The smallest absolute Gasteiger partial charge is 0.243 e. The molecule has 1 fully saturated rings. The van der Waals surface area contributed by atoms with Crippen LogP contribution in [0.15, 0.2) is 29.2 Å². The van der Waals surface area contributed by atoms with Crippen molar-refractivity contribution in [3.05, 3.63) is 29.8 Å². The van der Waals surface area contributed by atoms with Crippen LogP contribution in [0.2, 0.25) is 0 Å². The van der Waals surface area contributed by atoms with Gasteiger partial charge in [0.25, 0.3) is 0 Å². The summed E-state index contributed by atoms with van der Waals surface area (Å²) in [5, 5.41) is 0. The Labute approximate surface area is 134 Å². The van der Waals surface area contributed by atoms with Gasteiger partial charge >= 0.3 is 0 Å². The zero-order valence-corrected chi connectivity index (χ0v) is 14.6. The molecule has 0 bridgehead atoms. The van der Waals surface area contributed by atoms with E-state index in [9.17, 15) is 8.42 Å². The lowest BCUT2D eigenvalue weighted by atomic mass is 10.2. The number of rotatable bonds is 6. The third-order valence-corrected chi connectivity index (χ3v) is 5.98. The van der Waals surface area contributed by atoms with Gasteiger partial charge in [-0.15, -0.1) is 0 Å². The largest absolute Gasteiger partial charge is 0.309 e. The van der Waals surface area contributed by atoms with E-state index in [4.69, 9.17) is 0 Å². The van der Waals surface area contributed by atoms with E-state index in [0.717, 1.165) is 38.2 Å². The van der Waals surface area contributed by atoms with Gasteiger partial charge in [0.15, 0.2) is 0 Å². The molecule has 6 heteroatoms. The average Bonchev–Trinajstić information content (AvgIpc) is 2.48. The number of hydrogen-bond acceptors (Lipinski definition) is 4. The highest BCUT2D eigenvalue weighted by molar-refractivity contribution is 7.89. The molecule has 0 N–H and O–H groups in total. The molecule has 0 atom stereocenters. The van der Waals surface area contributed by atoms with Gasteiger partial charge in [-0.1, -0.05) is 17.7 Å². The van der Waals surface area contributed by atoms with Crippen molar-refractivity contribution in [2.24, 2.45) is 0 Å². The Morgan fingerprint density at radius 3 is 2.18 bits per heavy atom. The zero-order chi connectivity index (χ0) is 16.2. The second-order valence-corrected chi connectivity index (χ2v) is 8.15. The van der Waals surface area contributed by atoms with Crippen LogP contribution in [0.3, 0.4) is 0 Å². The van der Waals surface area contributed by atoms with E-state index in [1.165, 1.54) is 0 Å². The van der Waals surface area contributed by atoms with Gasteiger partial charge < -0.3 is 9.80 Å². The Morgan fingerprint density at radius 2 is 1.64 bits per heavy atom. The van der Waals surface area contributed by atoms with Crippen molar-refractivity contribution in [1.29, 1.82) is 0 Å². The highest BCUT2D eigenvalue weighted by Gasteiger charge is 2.28. The van der Waals surface area contributed by atoms with Gasteiger partial charge in [-0.2, -0.15) is 4.31 Å². The molecule has 2 rings (SSSR count). The summed E-state index contributed by atoms with van der Waals surface area (Å²) in [5.41, 5.74) is 1.07. The summed E-state index contributed by atoms with van der Waals surface area (Å²) < 4.78 is 26.8. The van der Waals surface area contributed by atoms with Crippen LogP contribution >= 0.6 is 0 Å². The Morgan fingerprint density at radius 1 is 1.05 bits per heavy atom. The predicted molar refractivity (Wildman–Crippen MR) is 89.5 cm³/mol.